The Kier molecular flexibility index (Phi) is 7.29. The van der Waals surface area contributed by atoms with Gasteiger partial charge in [-0.05, 0) is 7.05 Å². The predicted octanol–water partition coefficient (Wildman–Crippen LogP) is -0.630. The Morgan fingerprint density at radius 2 is 2.00 bits per heavy atom. The van der Waals surface area contributed by atoms with Gasteiger partial charge in [-0.15, -0.1) is 0 Å². The van der Waals surface area contributed by atoms with Crippen LogP contribution in [0.15, 0.2) is 0 Å². The molecule has 0 heterocycles. The molecule has 0 spiro atoms. The molecule has 15 heavy (non-hydrogen) atoms. The fraction of sp³-hybridized carbons (Fsp3) is 0.900. The van der Waals surface area contributed by atoms with Crippen LogP contribution < -0.4 is 5.73 Å². The molecule has 90 valence electrons. The van der Waals surface area contributed by atoms with E-state index in [9.17, 15) is 4.79 Å². The van der Waals surface area contributed by atoms with Crippen LogP contribution in [-0.2, 0) is 9.53 Å². The first-order valence-corrected chi connectivity index (χ1v) is 5.10. The van der Waals surface area contributed by atoms with Crippen molar-refractivity contribution in [2.45, 2.75) is 12.5 Å². The molecule has 0 aliphatic carbocycles. The van der Waals surface area contributed by atoms with E-state index in [1.807, 2.05) is 11.9 Å². The van der Waals surface area contributed by atoms with Crippen molar-refractivity contribution in [2.75, 3.05) is 47.9 Å². The summed E-state index contributed by atoms with van der Waals surface area (Å²) in [5, 5.41) is 0. The van der Waals surface area contributed by atoms with E-state index >= 15 is 0 Å². The van der Waals surface area contributed by atoms with E-state index in [2.05, 4.69) is 0 Å². The molecule has 0 saturated heterocycles. The Labute approximate surface area is 92.2 Å². The average molecular weight is 217 g/mol. The summed E-state index contributed by atoms with van der Waals surface area (Å²) in [6.45, 7) is 2.02. The molecule has 1 amide bonds. The Morgan fingerprint density at radius 1 is 1.40 bits per heavy atom. The van der Waals surface area contributed by atoms with Crippen LogP contribution in [0.4, 0.5) is 0 Å². The molecule has 2 N–H and O–H groups in total. The maximum atomic E-state index is 11.3. The van der Waals surface area contributed by atoms with E-state index < -0.39 is 0 Å². The van der Waals surface area contributed by atoms with Gasteiger partial charge in [-0.1, -0.05) is 0 Å². The Bertz CT molecular complexity index is 186. The predicted molar refractivity (Wildman–Crippen MR) is 60.7 cm³/mol. The molecule has 1 unspecified atom stereocenters. The summed E-state index contributed by atoms with van der Waals surface area (Å²) in [6.07, 6.45) is 0.531. The molecule has 0 rings (SSSR count). The first-order valence-electron chi connectivity index (χ1n) is 5.10. The first-order chi connectivity index (χ1) is 6.97. The second-order valence-corrected chi connectivity index (χ2v) is 4.02. The first kappa shape index (κ1) is 14.3. The van der Waals surface area contributed by atoms with Crippen LogP contribution in [0.25, 0.3) is 0 Å². The molecule has 0 aromatic rings. The minimum atomic E-state index is 0.00876. The number of likely N-dealkylation sites (N-methyl/N-ethyl adjacent to an activating group) is 1. The minimum absolute atomic E-state index is 0.00876. The zero-order valence-electron chi connectivity index (χ0n) is 10.2. The summed E-state index contributed by atoms with van der Waals surface area (Å²) in [6, 6.07) is 0.00876. The summed E-state index contributed by atoms with van der Waals surface area (Å²) in [5.41, 5.74) is 5.79. The lowest BCUT2D eigenvalue weighted by atomic mass is 10.3. The normalized spacial score (nSPS) is 12.9. The number of rotatable bonds is 7. The van der Waals surface area contributed by atoms with Gasteiger partial charge in [-0.25, -0.2) is 0 Å². The molecule has 0 aromatic heterocycles. The van der Waals surface area contributed by atoms with Gasteiger partial charge in [0.05, 0.1) is 6.61 Å². The van der Waals surface area contributed by atoms with Crippen LogP contribution in [0.1, 0.15) is 6.42 Å². The standard InChI is InChI=1S/C10H23N3O2/c1-12(2)10(14)5-6-13(3)7-9(11)8-15-4/h9H,5-8,11H2,1-4H3. The van der Waals surface area contributed by atoms with Crippen LogP contribution in [0.2, 0.25) is 0 Å². The summed E-state index contributed by atoms with van der Waals surface area (Å²) in [4.78, 5) is 14.9. The van der Waals surface area contributed by atoms with Gasteiger partial charge in [0.2, 0.25) is 5.91 Å². The monoisotopic (exact) mass is 217 g/mol. The molecule has 0 aliphatic rings. The van der Waals surface area contributed by atoms with Gasteiger partial charge >= 0.3 is 0 Å². The van der Waals surface area contributed by atoms with Gasteiger partial charge in [0, 0.05) is 46.8 Å². The maximum Gasteiger partial charge on any atom is 0.223 e. The van der Waals surface area contributed by atoms with Crippen LogP contribution in [0.5, 0.6) is 0 Å². The highest BCUT2D eigenvalue weighted by atomic mass is 16.5. The smallest absolute Gasteiger partial charge is 0.223 e. The largest absolute Gasteiger partial charge is 0.383 e. The van der Waals surface area contributed by atoms with Gasteiger partial charge < -0.3 is 20.3 Å². The van der Waals surface area contributed by atoms with Crippen molar-refractivity contribution in [2.24, 2.45) is 5.73 Å². The molecule has 0 radical (unpaired) electrons. The molecule has 5 heteroatoms. The van der Waals surface area contributed by atoms with Crippen molar-refractivity contribution in [3.8, 4) is 0 Å². The Morgan fingerprint density at radius 3 is 2.47 bits per heavy atom. The number of ether oxygens (including phenoxy) is 1. The van der Waals surface area contributed by atoms with Crippen LogP contribution in [-0.4, -0.2) is 69.7 Å². The zero-order valence-corrected chi connectivity index (χ0v) is 10.2. The number of nitrogens with two attached hydrogens (primary N) is 1. The van der Waals surface area contributed by atoms with E-state index in [4.69, 9.17) is 10.5 Å². The number of carbonyl (C=O) groups excluding carboxylic acids is 1. The summed E-state index contributed by atoms with van der Waals surface area (Å²) >= 11 is 0. The number of carbonyl (C=O) groups is 1. The lowest BCUT2D eigenvalue weighted by Gasteiger charge is -2.21. The second-order valence-electron chi connectivity index (χ2n) is 4.02. The lowest BCUT2D eigenvalue weighted by Crippen LogP contribution is -2.39. The SMILES string of the molecule is COCC(N)CN(C)CCC(=O)N(C)C. The fourth-order valence-electron chi connectivity index (χ4n) is 1.27. The van der Waals surface area contributed by atoms with Crippen molar-refractivity contribution >= 4 is 5.91 Å². The number of hydrogen-bond donors (Lipinski definition) is 1. The molecular formula is C10H23N3O2. The Hall–Kier alpha value is -0.650. The molecule has 1 atom stereocenters. The third-order valence-electron chi connectivity index (χ3n) is 2.13. The minimum Gasteiger partial charge on any atom is -0.383 e. The number of methoxy groups -OCH3 is 1. The van der Waals surface area contributed by atoms with E-state index in [1.165, 1.54) is 0 Å². The fourth-order valence-corrected chi connectivity index (χ4v) is 1.27. The van der Waals surface area contributed by atoms with Crippen molar-refractivity contribution in [3.63, 3.8) is 0 Å². The van der Waals surface area contributed by atoms with Crippen LogP contribution in [0, 0.1) is 0 Å². The maximum absolute atomic E-state index is 11.3. The van der Waals surface area contributed by atoms with Gasteiger partial charge in [0.25, 0.3) is 0 Å². The highest BCUT2D eigenvalue weighted by molar-refractivity contribution is 5.75. The number of amides is 1. The summed E-state index contributed by atoms with van der Waals surface area (Å²) in [5.74, 6) is 0.141. The molecule has 0 aliphatic heterocycles. The second kappa shape index (κ2) is 7.62. The molecular weight excluding hydrogens is 194 g/mol. The topological polar surface area (TPSA) is 58.8 Å². The van der Waals surface area contributed by atoms with Gasteiger partial charge in [0.15, 0.2) is 0 Å². The molecule has 0 saturated carbocycles. The highest BCUT2D eigenvalue weighted by Crippen LogP contribution is 1.93. The van der Waals surface area contributed by atoms with Crippen molar-refractivity contribution in [3.05, 3.63) is 0 Å². The van der Waals surface area contributed by atoms with E-state index in [0.29, 0.717) is 13.0 Å². The summed E-state index contributed by atoms with van der Waals surface area (Å²) in [7, 11) is 7.12. The third-order valence-corrected chi connectivity index (χ3v) is 2.13. The van der Waals surface area contributed by atoms with Crippen LogP contribution >= 0.6 is 0 Å². The lowest BCUT2D eigenvalue weighted by molar-refractivity contribution is -0.128. The highest BCUT2D eigenvalue weighted by Gasteiger charge is 2.09. The van der Waals surface area contributed by atoms with E-state index in [-0.39, 0.29) is 11.9 Å². The summed E-state index contributed by atoms with van der Waals surface area (Å²) < 4.78 is 4.94. The van der Waals surface area contributed by atoms with Crippen molar-refractivity contribution < 1.29 is 9.53 Å². The number of hydrogen-bond acceptors (Lipinski definition) is 4. The number of nitrogens with zero attached hydrogens (tertiary/aromatic N) is 2. The molecule has 0 fully saturated rings. The molecule has 0 bridgehead atoms. The van der Waals surface area contributed by atoms with Crippen molar-refractivity contribution in [1.82, 2.24) is 9.80 Å². The van der Waals surface area contributed by atoms with Crippen LogP contribution in [0.3, 0.4) is 0 Å². The average Bonchev–Trinajstić information content (AvgIpc) is 2.14. The quantitative estimate of drug-likeness (QED) is 0.617. The third kappa shape index (κ3) is 7.30. The van der Waals surface area contributed by atoms with Gasteiger partial charge in [-0.2, -0.15) is 0 Å². The van der Waals surface area contributed by atoms with E-state index in [1.54, 1.807) is 26.1 Å². The Balaban J connectivity index is 3.65. The molecule has 0 aromatic carbocycles. The zero-order chi connectivity index (χ0) is 11.8. The van der Waals surface area contributed by atoms with Gasteiger partial charge in [-0.3, -0.25) is 4.79 Å². The van der Waals surface area contributed by atoms with E-state index in [0.717, 1.165) is 13.1 Å². The molecule has 5 nitrogen and oxygen atoms in total. The van der Waals surface area contributed by atoms with Crippen molar-refractivity contribution in [1.29, 1.82) is 0 Å². The van der Waals surface area contributed by atoms with Gasteiger partial charge in [0.1, 0.15) is 0 Å².